The molecule has 0 aliphatic carbocycles. The van der Waals surface area contributed by atoms with Gasteiger partial charge in [-0.15, -0.1) is 0 Å². The normalized spacial score (nSPS) is 12.0. The fourth-order valence-electron chi connectivity index (χ4n) is 2.18. The van der Waals surface area contributed by atoms with Crippen LogP contribution in [0.3, 0.4) is 0 Å². The summed E-state index contributed by atoms with van der Waals surface area (Å²) in [6, 6.07) is 7.59. The average Bonchev–Trinajstić information content (AvgIpc) is 2.79. The molecule has 1 amide bonds. The van der Waals surface area contributed by atoms with E-state index in [1.165, 1.54) is 0 Å². The molecule has 0 bridgehead atoms. The summed E-state index contributed by atoms with van der Waals surface area (Å²) in [4.78, 5) is 12.3. The summed E-state index contributed by atoms with van der Waals surface area (Å²) in [6.07, 6.45) is 0. The summed E-state index contributed by atoms with van der Waals surface area (Å²) in [5.41, 5.74) is 2.12. The number of benzene rings is 1. The summed E-state index contributed by atoms with van der Waals surface area (Å²) in [5.74, 6) is 1.18. The number of aromatic nitrogens is 1. The molecule has 0 unspecified atom stereocenters. The van der Waals surface area contributed by atoms with E-state index in [4.69, 9.17) is 9.26 Å². The fraction of sp³-hybridized carbons (Fsp3) is 0.375. The second kappa shape index (κ2) is 6.43. The first kappa shape index (κ1) is 15.1. The van der Waals surface area contributed by atoms with Crippen molar-refractivity contribution in [1.29, 1.82) is 0 Å². The van der Waals surface area contributed by atoms with Crippen molar-refractivity contribution in [2.24, 2.45) is 0 Å². The minimum Gasteiger partial charge on any atom is -0.494 e. The number of nitrogens with one attached hydrogen (secondary N) is 1. The lowest BCUT2D eigenvalue weighted by molar-refractivity contribution is 0.0938. The molecule has 0 radical (unpaired) electrons. The van der Waals surface area contributed by atoms with Crippen LogP contribution in [0.2, 0.25) is 0 Å². The van der Waals surface area contributed by atoms with Crippen LogP contribution in [-0.4, -0.2) is 17.7 Å². The smallest absolute Gasteiger partial charge is 0.257 e. The number of amides is 1. The maximum Gasteiger partial charge on any atom is 0.257 e. The molecular weight excluding hydrogens is 268 g/mol. The number of carbonyl (C=O) groups is 1. The van der Waals surface area contributed by atoms with Crippen molar-refractivity contribution >= 4 is 5.91 Å². The van der Waals surface area contributed by atoms with Crippen molar-refractivity contribution in [2.45, 2.75) is 33.7 Å². The van der Waals surface area contributed by atoms with E-state index in [0.29, 0.717) is 23.6 Å². The third-order valence-electron chi connectivity index (χ3n) is 3.30. The maximum atomic E-state index is 12.3. The van der Waals surface area contributed by atoms with Gasteiger partial charge in [-0.1, -0.05) is 17.3 Å². The zero-order chi connectivity index (χ0) is 15.4. The average molecular weight is 288 g/mol. The molecule has 2 rings (SSSR count). The number of carbonyl (C=O) groups excluding carboxylic acids is 1. The summed E-state index contributed by atoms with van der Waals surface area (Å²) in [7, 11) is 0. The van der Waals surface area contributed by atoms with Gasteiger partial charge in [0.25, 0.3) is 5.91 Å². The molecule has 21 heavy (non-hydrogen) atoms. The molecule has 5 nitrogen and oxygen atoms in total. The van der Waals surface area contributed by atoms with Gasteiger partial charge in [0.05, 0.1) is 18.3 Å². The highest BCUT2D eigenvalue weighted by molar-refractivity contribution is 5.96. The Bertz CT molecular complexity index is 597. The lowest BCUT2D eigenvalue weighted by Gasteiger charge is -2.14. The molecule has 1 N–H and O–H groups in total. The number of aryl methyl sites for hydroxylation is 2. The summed E-state index contributed by atoms with van der Waals surface area (Å²) < 4.78 is 10.4. The largest absolute Gasteiger partial charge is 0.494 e. The van der Waals surface area contributed by atoms with Crippen LogP contribution < -0.4 is 10.1 Å². The van der Waals surface area contributed by atoms with Crippen molar-refractivity contribution < 1.29 is 14.1 Å². The van der Waals surface area contributed by atoms with Crippen LogP contribution in [-0.2, 0) is 0 Å². The number of hydrogen-bond donors (Lipinski definition) is 1. The van der Waals surface area contributed by atoms with E-state index < -0.39 is 0 Å². The Labute approximate surface area is 124 Å². The number of nitrogens with zero attached hydrogens (tertiary/aromatic N) is 1. The molecule has 1 aromatic heterocycles. The number of ether oxygens (including phenoxy) is 1. The molecule has 0 aliphatic heterocycles. The van der Waals surface area contributed by atoms with Crippen molar-refractivity contribution in [3.63, 3.8) is 0 Å². The Morgan fingerprint density at radius 2 is 2.00 bits per heavy atom. The second-order valence-corrected chi connectivity index (χ2v) is 4.90. The monoisotopic (exact) mass is 288 g/mol. The fourth-order valence-corrected chi connectivity index (χ4v) is 2.18. The zero-order valence-corrected chi connectivity index (χ0v) is 12.8. The molecule has 112 valence electrons. The molecular formula is C16H20N2O3. The SMILES string of the molecule is CCOc1ccc([C@@H](C)NC(=O)c2c(C)noc2C)cc1. The summed E-state index contributed by atoms with van der Waals surface area (Å²) >= 11 is 0. The predicted molar refractivity (Wildman–Crippen MR) is 79.5 cm³/mol. The van der Waals surface area contributed by atoms with E-state index in [9.17, 15) is 4.79 Å². The van der Waals surface area contributed by atoms with Gasteiger partial charge in [-0.2, -0.15) is 0 Å². The minimum absolute atomic E-state index is 0.109. The van der Waals surface area contributed by atoms with Crippen LogP contribution in [0.15, 0.2) is 28.8 Å². The first-order chi connectivity index (χ1) is 10.0. The van der Waals surface area contributed by atoms with E-state index in [0.717, 1.165) is 11.3 Å². The van der Waals surface area contributed by atoms with E-state index in [2.05, 4.69) is 10.5 Å². The van der Waals surface area contributed by atoms with Gasteiger partial charge in [-0.3, -0.25) is 4.79 Å². The van der Waals surface area contributed by atoms with Gasteiger partial charge in [0, 0.05) is 0 Å². The van der Waals surface area contributed by atoms with Crippen LogP contribution in [0.25, 0.3) is 0 Å². The van der Waals surface area contributed by atoms with Crippen molar-refractivity contribution in [3.05, 3.63) is 46.8 Å². The maximum absolute atomic E-state index is 12.3. The third-order valence-corrected chi connectivity index (χ3v) is 3.30. The molecule has 0 aliphatic rings. The Balaban J connectivity index is 2.07. The van der Waals surface area contributed by atoms with Gasteiger partial charge in [0.1, 0.15) is 17.1 Å². The molecule has 2 aromatic rings. The van der Waals surface area contributed by atoms with Crippen LogP contribution in [0.1, 0.15) is 47.3 Å². The number of hydrogen-bond acceptors (Lipinski definition) is 4. The Morgan fingerprint density at radius 3 is 2.52 bits per heavy atom. The van der Waals surface area contributed by atoms with Crippen LogP contribution >= 0.6 is 0 Å². The molecule has 0 saturated carbocycles. The molecule has 0 spiro atoms. The summed E-state index contributed by atoms with van der Waals surface area (Å²) in [6.45, 7) is 8.01. The molecule has 1 aromatic carbocycles. The highest BCUT2D eigenvalue weighted by atomic mass is 16.5. The van der Waals surface area contributed by atoms with Gasteiger partial charge in [-0.25, -0.2) is 0 Å². The topological polar surface area (TPSA) is 64.4 Å². The first-order valence-corrected chi connectivity index (χ1v) is 6.99. The molecule has 0 saturated heterocycles. The van der Waals surface area contributed by atoms with E-state index in [1.807, 2.05) is 38.1 Å². The van der Waals surface area contributed by atoms with Gasteiger partial charge in [0.15, 0.2) is 0 Å². The quantitative estimate of drug-likeness (QED) is 0.917. The van der Waals surface area contributed by atoms with Crippen molar-refractivity contribution in [3.8, 4) is 5.75 Å². The van der Waals surface area contributed by atoms with Crippen LogP contribution in [0.4, 0.5) is 0 Å². The van der Waals surface area contributed by atoms with Crippen LogP contribution in [0.5, 0.6) is 5.75 Å². The number of rotatable bonds is 5. The van der Waals surface area contributed by atoms with Gasteiger partial charge >= 0.3 is 0 Å². The van der Waals surface area contributed by atoms with Gasteiger partial charge in [0.2, 0.25) is 0 Å². The van der Waals surface area contributed by atoms with E-state index in [-0.39, 0.29) is 11.9 Å². The summed E-state index contributed by atoms with van der Waals surface area (Å²) in [5, 5.41) is 6.75. The standard InChI is InChI=1S/C16H20N2O3/c1-5-20-14-8-6-13(7-9-14)10(2)17-16(19)15-11(3)18-21-12(15)4/h6-10H,5H2,1-4H3,(H,17,19)/t10-/m1/s1. The Hall–Kier alpha value is -2.30. The van der Waals surface area contributed by atoms with Crippen molar-refractivity contribution in [1.82, 2.24) is 10.5 Å². The second-order valence-electron chi connectivity index (χ2n) is 4.90. The molecule has 5 heteroatoms. The molecule has 1 atom stereocenters. The minimum atomic E-state index is -0.173. The Kier molecular flexibility index (Phi) is 4.62. The first-order valence-electron chi connectivity index (χ1n) is 6.99. The van der Waals surface area contributed by atoms with Crippen LogP contribution in [0, 0.1) is 13.8 Å². The molecule has 0 fully saturated rings. The van der Waals surface area contributed by atoms with E-state index >= 15 is 0 Å². The zero-order valence-electron chi connectivity index (χ0n) is 12.8. The molecule has 1 heterocycles. The predicted octanol–water partition coefficient (Wildman–Crippen LogP) is 3.18. The van der Waals surface area contributed by atoms with E-state index in [1.54, 1.807) is 13.8 Å². The third kappa shape index (κ3) is 3.42. The lowest BCUT2D eigenvalue weighted by Crippen LogP contribution is -2.27. The van der Waals surface area contributed by atoms with Gasteiger partial charge in [-0.05, 0) is 45.4 Å². The lowest BCUT2D eigenvalue weighted by atomic mass is 10.1. The van der Waals surface area contributed by atoms with Gasteiger partial charge < -0.3 is 14.6 Å². The van der Waals surface area contributed by atoms with Crippen molar-refractivity contribution in [2.75, 3.05) is 6.61 Å². The highest BCUT2D eigenvalue weighted by Crippen LogP contribution is 2.19. The Morgan fingerprint density at radius 1 is 1.33 bits per heavy atom. The highest BCUT2D eigenvalue weighted by Gasteiger charge is 2.19.